The second-order valence-corrected chi connectivity index (χ2v) is 8.70. The number of hydrogen-bond donors (Lipinski definition) is 1. The van der Waals surface area contributed by atoms with Crippen LogP contribution in [0.25, 0.3) is 10.2 Å². The van der Waals surface area contributed by atoms with E-state index < -0.39 is 0 Å². The summed E-state index contributed by atoms with van der Waals surface area (Å²) >= 11 is 1.91. The average Bonchev–Trinajstić information content (AvgIpc) is 3.05. The number of nitrogens with zero attached hydrogens (tertiary/aromatic N) is 2. The molecule has 0 bridgehead atoms. The molecule has 0 aromatic carbocycles. The molecule has 3 nitrogen and oxygen atoms in total. The minimum atomic E-state index is 0.681. The highest BCUT2D eigenvalue weighted by atomic mass is 32.1. The number of nitrogens with one attached hydrogen (secondary N) is 1. The monoisotopic (exact) mass is 343 g/mol. The van der Waals surface area contributed by atoms with Gasteiger partial charge in [-0.15, -0.1) is 11.3 Å². The maximum Gasteiger partial charge on any atom is 0.127 e. The van der Waals surface area contributed by atoms with Crippen molar-refractivity contribution in [2.75, 3.05) is 0 Å². The molecule has 0 amide bonds. The van der Waals surface area contributed by atoms with E-state index in [2.05, 4.69) is 11.4 Å². The van der Waals surface area contributed by atoms with E-state index in [1.807, 2.05) is 18.3 Å². The summed E-state index contributed by atoms with van der Waals surface area (Å²) in [5.74, 6) is 1.68. The predicted molar refractivity (Wildman–Crippen MR) is 102 cm³/mol. The molecule has 0 spiro atoms. The molecule has 2 aromatic rings. The number of hydrogen-bond acceptors (Lipinski definition) is 4. The van der Waals surface area contributed by atoms with Gasteiger partial charge in [0.2, 0.25) is 0 Å². The van der Waals surface area contributed by atoms with Crippen molar-refractivity contribution in [3.05, 3.63) is 22.5 Å². The number of thiophene rings is 1. The van der Waals surface area contributed by atoms with E-state index in [4.69, 9.17) is 9.97 Å². The molecule has 24 heavy (non-hydrogen) atoms. The normalized spacial score (nSPS) is 20.7. The van der Waals surface area contributed by atoms with Crippen LogP contribution in [0.15, 0.2) is 6.07 Å². The van der Waals surface area contributed by atoms with Crippen molar-refractivity contribution in [1.29, 1.82) is 0 Å². The highest BCUT2D eigenvalue weighted by Gasteiger charge is 2.20. The van der Waals surface area contributed by atoms with E-state index in [1.165, 1.54) is 80.1 Å². The van der Waals surface area contributed by atoms with Gasteiger partial charge in [0.1, 0.15) is 10.7 Å². The second kappa shape index (κ2) is 7.49. The zero-order chi connectivity index (χ0) is 16.4. The van der Waals surface area contributed by atoms with Gasteiger partial charge in [0.25, 0.3) is 0 Å². The van der Waals surface area contributed by atoms with Gasteiger partial charge in [-0.05, 0) is 44.6 Å². The molecule has 2 heterocycles. The summed E-state index contributed by atoms with van der Waals surface area (Å²) in [5, 5.41) is 5.06. The third kappa shape index (κ3) is 3.65. The molecule has 0 radical (unpaired) electrons. The molecule has 2 aromatic heterocycles. The topological polar surface area (TPSA) is 37.8 Å². The molecule has 2 fully saturated rings. The first-order chi connectivity index (χ1) is 11.8. The summed E-state index contributed by atoms with van der Waals surface area (Å²) < 4.78 is 0. The average molecular weight is 344 g/mol. The SMILES string of the molecule is Cc1nc(CNC2CCCCC2)c2cc(C3CCCCC3)sc2n1. The fourth-order valence-electron chi connectivity index (χ4n) is 4.39. The predicted octanol–water partition coefficient (Wildman–Crippen LogP) is 5.47. The van der Waals surface area contributed by atoms with Crippen LogP contribution >= 0.6 is 11.3 Å². The first-order valence-electron chi connectivity index (χ1n) is 9.80. The van der Waals surface area contributed by atoms with E-state index in [9.17, 15) is 0 Å². The third-order valence-corrected chi connectivity index (χ3v) is 6.96. The quantitative estimate of drug-likeness (QED) is 0.800. The van der Waals surface area contributed by atoms with Crippen LogP contribution in [-0.2, 0) is 6.54 Å². The minimum Gasteiger partial charge on any atom is -0.308 e. The molecule has 4 rings (SSSR count). The van der Waals surface area contributed by atoms with Crippen molar-refractivity contribution in [2.24, 2.45) is 0 Å². The van der Waals surface area contributed by atoms with Gasteiger partial charge in [0, 0.05) is 22.8 Å². The first-order valence-corrected chi connectivity index (χ1v) is 10.6. The van der Waals surface area contributed by atoms with Crippen LogP contribution in [0.1, 0.15) is 86.5 Å². The van der Waals surface area contributed by atoms with Crippen molar-refractivity contribution in [3.63, 3.8) is 0 Å². The molecule has 1 N–H and O–H groups in total. The highest BCUT2D eigenvalue weighted by molar-refractivity contribution is 7.18. The highest BCUT2D eigenvalue weighted by Crippen LogP contribution is 2.39. The Hall–Kier alpha value is -1.00. The lowest BCUT2D eigenvalue weighted by atomic mass is 9.88. The molecule has 0 unspecified atom stereocenters. The maximum absolute atomic E-state index is 4.78. The van der Waals surface area contributed by atoms with E-state index in [-0.39, 0.29) is 0 Å². The van der Waals surface area contributed by atoms with Crippen LogP contribution in [0, 0.1) is 6.92 Å². The van der Waals surface area contributed by atoms with Crippen LogP contribution in [-0.4, -0.2) is 16.0 Å². The van der Waals surface area contributed by atoms with Crippen molar-refractivity contribution in [2.45, 2.75) is 89.6 Å². The third-order valence-electron chi connectivity index (χ3n) is 5.77. The molecular weight excluding hydrogens is 314 g/mol. The Kier molecular flexibility index (Phi) is 5.14. The first kappa shape index (κ1) is 16.5. The van der Waals surface area contributed by atoms with Gasteiger partial charge in [0.15, 0.2) is 0 Å². The molecule has 0 saturated heterocycles. The van der Waals surface area contributed by atoms with Crippen LogP contribution in [0.5, 0.6) is 0 Å². The zero-order valence-corrected chi connectivity index (χ0v) is 15.6. The van der Waals surface area contributed by atoms with E-state index in [1.54, 1.807) is 4.88 Å². The maximum atomic E-state index is 4.78. The molecule has 130 valence electrons. The summed E-state index contributed by atoms with van der Waals surface area (Å²) in [4.78, 5) is 12.2. The molecule has 2 saturated carbocycles. The van der Waals surface area contributed by atoms with Crippen LogP contribution in [0.4, 0.5) is 0 Å². The van der Waals surface area contributed by atoms with E-state index in [0.717, 1.165) is 18.3 Å². The van der Waals surface area contributed by atoms with Gasteiger partial charge in [-0.1, -0.05) is 38.5 Å². The van der Waals surface area contributed by atoms with Crippen LogP contribution in [0.2, 0.25) is 0 Å². The fourth-order valence-corrected chi connectivity index (χ4v) is 5.65. The number of fused-ring (bicyclic) bond motifs is 1. The molecule has 2 aliphatic carbocycles. The number of rotatable bonds is 4. The van der Waals surface area contributed by atoms with Crippen molar-refractivity contribution in [3.8, 4) is 0 Å². The zero-order valence-electron chi connectivity index (χ0n) is 14.8. The van der Waals surface area contributed by atoms with Gasteiger partial charge in [-0.3, -0.25) is 0 Å². The Balaban J connectivity index is 1.55. The lowest BCUT2D eigenvalue weighted by molar-refractivity contribution is 0.371. The van der Waals surface area contributed by atoms with Crippen LogP contribution in [0.3, 0.4) is 0 Å². The standard InChI is InChI=1S/C20H29N3S/c1-14-22-18(13-21-16-10-6-3-7-11-16)17-12-19(24-20(17)23-14)15-8-4-2-5-9-15/h12,15-16,21H,2-11,13H2,1H3. The van der Waals surface area contributed by atoms with Gasteiger partial charge in [0.05, 0.1) is 5.69 Å². The Bertz CT molecular complexity index is 681. The van der Waals surface area contributed by atoms with Crippen molar-refractivity contribution in [1.82, 2.24) is 15.3 Å². The Labute approximate surface area is 149 Å². The van der Waals surface area contributed by atoms with Gasteiger partial charge in [-0.2, -0.15) is 0 Å². The van der Waals surface area contributed by atoms with Crippen molar-refractivity contribution < 1.29 is 0 Å². The summed E-state index contributed by atoms with van der Waals surface area (Å²) in [6, 6.07) is 3.09. The van der Waals surface area contributed by atoms with E-state index >= 15 is 0 Å². The van der Waals surface area contributed by atoms with Gasteiger partial charge in [-0.25, -0.2) is 9.97 Å². The summed E-state index contributed by atoms with van der Waals surface area (Å²) in [5.41, 5.74) is 1.21. The Morgan fingerprint density at radius 2 is 1.71 bits per heavy atom. The molecule has 0 aliphatic heterocycles. The minimum absolute atomic E-state index is 0.681. The summed E-state index contributed by atoms with van der Waals surface area (Å²) in [7, 11) is 0. The molecule has 4 heteroatoms. The summed E-state index contributed by atoms with van der Waals surface area (Å²) in [6.07, 6.45) is 13.7. The smallest absolute Gasteiger partial charge is 0.127 e. The Morgan fingerprint density at radius 3 is 2.46 bits per heavy atom. The number of aryl methyl sites for hydroxylation is 1. The molecule has 0 atom stereocenters. The van der Waals surface area contributed by atoms with Gasteiger partial charge < -0.3 is 5.32 Å². The Morgan fingerprint density at radius 1 is 1.00 bits per heavy atom. The second-order valence-electron chi connectivity index (χ2n) is 7.64. The fraction of sp³-hybridized carbons (Fsp3) is 0.700. The van der Waals surface area contributed by atoms with Crippen LogP contribution < -0.4 is 5.32 Å². The number of aromatic nitrogens is 2. The molecule has 2 aliphatic rings. The molecular formula is C20H29N3S. The van der Waals surface area contributed by atoms with Crippen molar-refractivity contribution >= 4 is 21.6 Å². The van der Waals surface area contributed by atoms with E-state index in [0.29, 0.717) is 6.04 Å². The largest absolute Gasteiger partial charge is 0.308 e. The summed E-state index contributed by atoms with van der Waals surface area (Å²) in [6.45, 7) is 2.93. The lowest BCUT2D eigenvalue weighted by Crippen LogP contribution is -2.30. The van der Waals surface area contributed by atoms with Gasteiger partial charge >= 0.3 is 0 Å². The lowest BCUT2D eigenvalue weighted by Gasteiger charge is -2.22.